The summed E-state index contributed by atoms with van der Waals surface area (Å²) in [6.45, 7) is 10.00. The Labute approximate surface area is 114 Å². The maximum Gasteiger partial charge on any atom is 0.166 e. The summed E-state index contributed by atoms with van der Waals surface area (Å²) >= 11 is 0. The van der Waals surface area contributed by atoms with Crippen molar-refractivity contribution in [2.24, 2.45) is 11.8 Å². The molecule has 0 bridgehead atoms. The van der Waals surface area contributed by atoms with E-state index in [1.165, 1.54) is 6.07 Å². The highest BCUT2D eigenvalue weighted by atomic mass is 19.2. The summed E-state index contributed by atoms with van der Waals surface area (Å²) in [6.07, 6.45) is 1.75. The lowest BCUT2D eigenvalue weighted by Gasteiger charge is -2.14. The number of hydrogen-bond donors (Lipinski definition) is 1. The van der Waals surface area contributed by atoms with E-state index >= 15 is 0 Å². The van der Waals surface area contributed by atoms with Crippen LogP contribution in [0.4, 0.5) is 8.78 Å². The lowest BCUT2D eigenvalue weighted by molar-refractivity contribution is 0.506. The first kappa shape index (κ1) is 15.8. The number of halogens is 2. The van der Waals surface area contributed by atoms with Crippen LogP contribution in [0.3, 0.4) is 0 Å². The SMILES string of the molecule is CC(C)CNCC(=Cc1cccc(F)c1F)C(C)C. The molecule has 3 heteroatoms. The molecule has 106 valence electrons. The molecule has 0 amide bonds. The van der Waals surface area contributed by atoms with E-state index in [9.17, 15) is 8.78 Å². The van der Waals surface area contributed by atoms with Crippen LogP contribution < -0.4 is 5.32 Å². The summed E-state index contributed by atoms with van der Waals surface area (Å²) in [4.78, 5) is 0. The molecule has 0 atom stereocenters. The third kappa shape index (κ3) is 5.11. The molecule has 0 saturated carbocycles. The molecule has 1 aromatic rings. The van der Waals surface area contributed by atoms with Gasteiger partial charge in [0.15, 0.2) is 11.6 Å². The van der Waals surface area contributed by atoms with Crippen molar-refractivity contribution in [1.29, 1.82) is 0 Å². The van der Waals surface area contributed by atoms with E-state index in [0.717, 1.165) is 18.2 Å². The molecule has 19 heavy (non-hydrogen) atoms. The van der Waals surface area contributed by atoms with E-state index in [4.69, 9.17) is 0 Å². The van der Waals surface area contributed by atoms with Crippen LogP contribution in [-0.4, -0.2) is 13.1 Å². The van der Waals surface area contributed by atoms with Crippen molar-refractivity contribution in [2.75, 3.05) is 13.1 Å². The Hall–Kier alpha value is -1.22. The predicted octanol–water partition coefficient (Wildman–Crippen LogP) is 4.25. The highest BCUT2D eigenvalue weighted by Gasteiger charge is 2.09. The maximum absolute atomic E-state index is 13.6. The van der Waals surface area contributed by atoms with Gasteiger partial charge in [-0.25, -0.2) is 8.78 Å². The topological polar surface area (TPSA) is 12.0 Å². The van der Waals surface area contributed by atoms with Gasteiger partial charge in [0.1, 0.15) is 0 Å². The highest BCUT2D eigenvalue weighted by Crippen LogP contribution is 2.18. The quantitative estimate of drug-likeness (QED) is 0.812. The average Bonchev–Trinajstić information content (AvgIpc) is 2.32. The Morgan fingerprint density at radius 2 is 1.89 bits per heavy atom. The molecule has 0 radical (unpaired) electrons. The van der Waals surface area contributed by atoms with Crippen molar-refractivity contribution < 1.29 is 8.78 Å². The van der Waals surface area contributed by atoms with Gasteiger partial charge in [-0.1, -0.05) is 51.5 Å². The summed E-state index contributed by atoms with van der Waals surface area (Å²) in [6, 6.07) is 4.27. The molecule has 0 unspecified atom stereocenters. The first-order valence-corrected chi connectivity index (χ1v) is 6.77. The van der Waals surface area contributed by atoms with Gasteiger partial charge in [0.2, 0.25) is 0 Å². The molecule has 1 N–H and O–H groups in total. The average molecular weight is 267 g/mol. The van der Waals surface area contributed by atoms with E-state index in [0.29, 0.717) is 23.9 Å². The molecule has 0 aliphatic heterocycles. The van der Waals surface area contributed by atoms with Crippen molar-refractivity contribution in [1.82, 2.24) is 5.32 Å². The zero-order chi connectivity index (χ0) is 14.4. The number of rotatable bonds is 6. The van der Waals surface area contributed by atoms with Gasteiger partial charge >= 0.3 is 0 Å². The molecule has 1 aromatic carbocycles. The summed E-state index contributed by atoms with van der Waals surface area (Å²) in [5.74, 6) is -0.710. The van der Waals surface area contributed by atoms with Crippen LogP contribution in [0.1, 0.15) is 33.3 Å². The van der Waals surface area contributed by atoms with Crippen LogP contribution in [0.15, 0.2) is 23.8 Å². The first-order chi connectivity index (χ1) is 8.91. The van der Waals surface area contributed by atoms with E-state index in [2.05, 4.69) is 33.0 Å². The predicted molar refractivity (Wildman–Crippen MR) is 76.9 cm³/mol. The van der Waals surface area contributed by atoms with Gasteiger partial charge in [0.25, 0.3) is 0 Å². The Morgan fingerprint density at radius 3 is 2.47 bits per heavy atom. The van der Waals surface area contributed by atoms with Gasteiger partial charge in [-0.05, 0) is 24.4 Å². The number of hydrogen-bond acceptors (Lipinski definition) is 1. The van der Waals surface area contributed by atoms with Gasteiger partial charge in [0.05, 0.1) is 0 Å². The lowest BCUT2D eigenvalue weighted by atomic mass is 9.99. The normalized spacial score (nSPS) is 12.5. The molecule has 0 fully saturated rings. The zero-order valence-electron chi connectivity index (χ0n) is 12.1. The molecule has 1 nitrogen and oxygen atoms in total. The third-order valence-electron chi connectivity index (χ3n) is 2.95. The van der Waals surface area contributed by atoms with Gasteiger partial charge in [-0.2, -0.15) is 0 Å². The van der Waals surface area contributed by atoms with Gasteiger partial charge in [0, 0.05) is 12.1 Å². The molecule has 0 spiro atoms. The van der Waals surface area contributed by atoms with Crippen LogP contribution in [0.25, 0.3) is 6.08 Å². The van der Waals surface area contributed by atoms with E-state index in [-0.39, 0.29) is 0 Å². The van der Waals surface area contributed by atoms with Crippen molar-refractivity contribution in [3.63, 3.8) is 0 Å². The van der Waals surface area contributed by atoms with Crippen molar-refractivity contribution in [3.05, 3.63) is 41.0 Å². The first-order valence-electron chi connectivity index (χ1n) is 6.77. The van der Waals surface area contributed by atoms with Crippen LogP contribution in [0, 0.1) is 23.5 Å². The third-order valence-corrected chi connectivity index (χ3v) is 2.95. The fraction of sp³-hybridized carbons (Fsp3) is 0.500. The number of nitrogens with one attached hydrogen (secondary N) is 1. The lowest BCUT2D eigenvalue weighted by Crippen LogP contribution is -2.23. The fourth-order valence-corrected chi connectivity index (χ4v) is 1.76. The fourth-order valence-electron chi connectivity index (χ4n) is 1.76. The van der Waals surface area contributed by atoms with Crippen LogP contribution in [0.2, 0.25) is 0 Å². The second kappa shape index (κ2) is 7.39. The van der Waals surface area contributed by atoms with E-state index < -0.39 is 11.6 Å². The molecule has 0 aliphatic rings. The second-order valence-corrected chi connectivity index (χ2v) is 5.54. The minimum absolute atomic E-state index is 0.294. The summed E-state index contributed by atoms with van der Waals surface area (Å²) in [7, 11) is 0. The minimum Gasteiger partial charge on any atom is -0.313 e. The van der Waals surface area contributed by atoms with Gasteiger partial charge in [-0.15, -0.1) is 0 Å². The molecule has 0 aromatic heterocycles. The second-order valence-electron chi connectivity index (χ2n) is 5.54. The number of benzene rings is 1. The summed E-state index contributed by atoms with van der Waals surface area (Å²) < 4.78 is 26.8. The maximum atomic E-state index is 13.6. The van der Waals surface area contributed by atoms with Gasteiger partial charge in [-0.3, -0.25) is 0 Å². The molecular formula is C16H23F2N. The minimum atomic E-state index is -0.799. The Kier molecular flexibility index (Phi) is 6.16. The smallest absolute Gasteiger partial charge is 0.166 e. The van der Waals surface area contributed by atoms with Crippen molar-refractivity contribution in [2.45, 2.75) is 27.7 Å². The highest BCUT2D eigenvalue weighted by molar-refractivity contribution is 5.54. The Bertz CT molecular complexity index is 436. The molecule has 1 rings (SSSR count). The van der Waals surface area contributed by atoms with Crippen molar-refractivity contribution >= 4 is 6.08 Å². The molecule has 0 saturated heterocycles. The standard InChI is InChI=1S/C16H23F2N/c1-11(2)9-19-10-14(12(3)4)8-13-6-5-7-15(17)16(13)18/h5-8,11-12,19H,9-10H2,1-4H3. The van der Waals surface area contributed by atoms with Crippen LogP contribution in [0.5, 0.6) is 0 Å². The van der Waals surface area contributed by atoms with Crippen LogP contribution in [-0.2, 0) is 0 Å². The Morgan fingerprint density at radius 1 is 1.21 bits per heavy atom. The van der Waals surface area contributed by atoms with E-state index in [1.54, 1.807) is 12.1 Å². The summed E-state index contributed by atoms with van der Waals surface area (Å²) in [5.41, 5.74) is 1.39. The molecule has 0 heterocycles. The molecule has 0 aliphatic carbocycles. The molecular weight excluding hydrogens is 244 g/mol. The largest absolute Gasteiger partial charge is 0.313 e. The monoisotopic (exact) mass is 267 g/mol. The Balaban J connectivity index is 2.86. The van der Waals surface area contributed by atoms with Crippen LogP contribution >= 0.6 is 0 Å². The van der Waals surface area contributed by atoms with E-state index in [1.807, 2.05) is 0 Å². The zero-order valence-corrected chi connectivity index (χ0v) is 12.1. The van der Waals surface area contributed by atoms with Gasteiger partial charge < -0.3 is 5.32 Å². The van der Waals surface area contributed by atoms with Crippen molar-refractivity contribution in [3.8, 4) is 0 Å². The summed E-state index contributed by atoms with van der Waals surface area (Å²) in [5, 5.41) is 3.34.